The SMILES string of the molecule is CN=C(NCCc1cc(F)cc2c1OCOC2)NCc1ccccc1OC(F)F.I. The van der Waals surface area contributed by atoms with E-state index in [-0.39, 0.29) is 48.9 Å². The van der Waals surface area contributed by atoms with E-state index in [9.17, 15) is 13.2 Å². The Balaban J connectivity index is 0.00000320. The highest BCUT2D eigenvalue weighted by Gasteiger charge is 2.17. The molecule has 0 amide bonds. The van der Waals surface area contributed by atoms with E-state index in [4.69, 9.17) is 9.47 Å². The van der Waals surface area contributed by atoms with Crippen LogP contribution in [-0.2, 0) is 24.3 Å². The van der Waals surface area contributed by atoms with Crippen LogP contribution in [0.1, 0.15) is 16.7 Å². The minimum Gasteiger partial charge on any atom is -0.467 e. The molecule has 1 heterocycles. The van der Waals surface area contributed by atoms with Crippen molar-refractivity contribution in [3.05, 3.63) is 58.9 Å². The Kier molecular flexibility index (Phi) is 9.50. The van der Waals surface area contributed by atoms with Gasteiger partial charge in [0.05, 0.1) is 6.61 Å². The van der Waals surface area contributed by atoms with E-state index in [0.717, 1.165) is 5.56 Å². The summed E-state index contributed by atoms with van der Waals surface area (Å²) in [7, 11) is 1.60. The molecule has 2 N–H and O–H groups in total. The molecule has 0 aliphatic carbocycles. The minimum absolute atomic E-state index is 0. The Morgan fingerprint density at radius 1 is 1.20 bits per heavy atom. The lowest BCUT2D eigenvalue weighted by atomic mass is 10.1. The highest BCUT2D eigenvalue weighted by Crippen LogP contribution is 2.29. The van der Waals surface area contributed by atoms with Gasteiger partial charge in [0, 0.05) is 31.3 Å². The van der Waals surface area contributed by atoms with E-state index in [1.165, 1.54) is 18.2 Å². The topological polar surface area (TPSA) is 64.1 Å². The molecular weight excluding hydrogens is 514 g/mol. The number of rotatable bonds is 7. The molecule has 2 aromatic carbocycles. The lowest BCUT2D eigenvalue weighted by Crippen LogP contribution is -2.38. The monoisotopic (exact) mass is 537 g/mol. The van der Waals surface area contributed by atoms with Crippen molar-refractivity contribution in [3.8, 4) is 11.5 Å². The number of nitrogens with one attached hydrogen (secondary N) is 2. The molecule has 6 nitrogen and oxygen atoms in total. The summed E-state index contributed by atoms with van der Waals surface area (Å²) in [6.07, 6.45) is 0.506. The second kappa shape index (κ2) is 11.8. The van der Waals surface area contributed by atoms with Crippen molar-refractivity contribution in [3.63, 3.8) is 0 Å². The first-order valence-electron chi connectivity index (χ1n) is 9.06. The largest absolute Gasteiger partial charge is 0.467 e. The molecule has 0 saturated carbocycles. The quantitative estimate of drug-likeness (QED) is 0.320. The number of hydrogen-bond donors (Lipinski definition) is 2. The van der Waals surface area contributed by atoms with Crippen LogP contribution in [0.15, 0.2) is 41.4 Å². The van der Waals surface area contributed by atoms with Gasteiger partial charge in [-0.3, -0.25) is 4.99 Å². The number of fused-ring (bicyclic) bond motifs is 1. The van der Waals surface area contributed by atoms with Gasteiger partial charge in [0.15, 0.2) is 12.8 Å². The van der Waals surface area contributed by atoms with E-state index in [1.54, 1.807) is 25.2 Å². The van der Waals surface area contributed by atoms with Crippen LogP contribution < -0.4 is 20.1 Å². The van der Waals surface area contributed by atoms with Gasteiger partial charge in [-0.2, -0.15) is 8.78 Å². The van der Waals surface area contributed by atoms with E-state index in [0.29, 0.717) is 42.4 Å². The second-order valence-electron chi connectivity index (χ2n) is 6.25. The number of ether oxygens (including phenoxy) is 3. The van der Waals surface area contributed by atoms with E-state index in [1.807, 2.05) is 0 Å². The van der Waals surface area contributed by atoms with E-state index in [2.05, 4.69) is 20.4 Å². The molecule has 2 aromatic rings. The fourth-order valence-corrected chi connectivity index (χ4v) is 3.02. The molecule has 0 saturated heterocycles. The minimum atomic E-state index is -2.89. The van der Waals surface area contributed by atoms with Crippen LogP contribution in [0.5, 0.6) is 11.5 Å². The molecule has 10 heteroatoms. The first-order valence-corrected chi connectivity index (χ1v) is 9.06. The van der Waals surface area contributed by atoms with Crippen molar-refractivity contribution in [2.24, 2.45) is 4.99 Å². The molecule has 0 atom stereocenters. The summed E-state index contributed by atoms with van der Waals surface area (Å²) in [5.41, 5.74) is 2.00. The van der Waals surface area contributed by atoms with Gasteiger partial charge >= 0.3 is 6.61 Å². The maximum absolute atomic E-state index is 13.8. The van der Waals surface area contributed by atoms with Crippen molar-refractivity contribution >= 4 is 29.9 Å². The third-order valence-corrected chi connectivity index (χ3v) is 4.30. The smallest absolute Gasteiger partial charge is 0.387 e. The van der Waals surface area contributed by atoms with Crippen LogP contribution in [0.2, 0.25) is 0 Å². The van der Waals surface area contributed by atoms with Crippen molar-refractivity contribution in [2.75, 3.05) is 20.4 Å². The maximum atomic E-state index is 13.8. The fourth-order valence-electron chi connectivity index (χ4n) is 3.02. The number of halogens is 4. The van der Waals surface area contributed by atoms with Gasteiger partial charge < -0.3 is 24.8 Å². The number of alkyl halides is 2. The van der Waals surface area contributed by atoms with Gasteiger partial charge in [-0.25, -0.2) is 4.39 Å². The summed E-state index contributed by atoms with van der Waals surface area (Å²) in [6.45, 7) is -1.72. The van der Waals surface area contributed by atoms with Crippen molar-refractivity contribution in [1.29, 1.82) is 0 Å². The third kappa shape index (κ3) is 6.66. The molecule has 0 aromatic heterocycles. The molecule has 3 rings (SSSR count). The number of para-hydroxylation sites is 1. The summed E-state index contributed by atoms with van der Waals surface area (Å²) < 4.78 is 54.1. The second-order valence-corrected chi connectivity index (χ2v) is 6.25. The van der Waals surface area contributed by atoms with Crippen LogP contribution in [0, 0.1) is 5.82 Å². The summed E-state index contributed by atoms with van der Waals surface area (Å²) in [5, 5.41) is 6.16. The van der Waals surface area contributed by atoms with E-state index < -0.39 is 6.61 Å². The van der Waals surface area contributed by atoms with Crippen LogP contribution >= 0.6 is 24.0 Å². The van der Waals surface area contributed by atoms with Crippen molar-refractivity contribution in [1.82, 2.24) is 10.6 Å². The molecular formula is C20H23F3IN3O3. The Hall–Kier alpha value is -2.21. The predicted molar refractivity (Wildman–Crippen MR) is 117 cm³/mol. The van der Waals surface area contributed by atoms with Gasteiger partial charge in [0.2, 0.25) is 0 Å². The summed E-state index contributed by atoms with van der Waals surface area (Å²) in [5.74, 6) is 0.897. The first-order chi connectivity index (χ1) is 14.1. The molecule has 0 spiro atoms. The molecule has 0 unspecified atom stereocenters. The zero-order chi connectivity index (χ0) is 20.6. The zero-order valence-corrected chi connectivity index (χ0v) is 18.6. The van der Waals surface area contributed by atoms with Crippen molar-refractivity contribution < 1.29 is 27.4 Å². The molecule has 1 aliphatic rings. The highest BCUT2D eigenvalue weighted by molar-refractivity contribution is 14.0. The van der Waals surface area contributed by atoms with Crippen LogP contribution in [0.25, 0.3) is 0 Å². The first kappa shape index (κ1) is 24.1. The summed E-state index contributed by atoms with van der Waals surface area (Å²) >= 11 is 0. The average Bonchev–Trinajstić information content (AvgIpc) is 2.71. The van der Waals surface area contributed by atoms with Gasteiger partial charge in [-0.1, -0.05) is 18.2 Å². The lowest BCUT2D eigenvalue weighted by Gasteiger charge is -2.21. The number of guanidine groups is 1. The summed E-state index contributed by atoms with van der Waals surface area (Å²) in [6, 6.07) is 9.39. The Labute approximate surface area is 189 Å². The molecule has 1 aliphatic heterocycles. The highest BCUT2D eigenvalue weighted by atomic mass is 127. The third-order valence-electron chi connectivity index (χ3n) is 4.30. The van der Waals surface area contributed by atoms with Crippen molar-refractivity contribution in [2.45, 2.75) is 26.2 Å². The molecule has 0 bridgehead atoms. The molecule has 0 fully saturated rings. The number of hydrogen-bond acceptors (Lipinski definition) is 4. The Bertz CT molecular complexity index is 868. The zero-order valence-electron chi connectivity index (χ0n) is 16.3. The van der Waals surface area contributed by atoms with Gasteiger partial charge in [-0.15, -0.1) is 24.0 Å². The molecule has 30 heavy (non-hydrogen) atoms. The lowest BCUT2D eigenvalue weighted by molar-refractivity contribution is -0.0504. The summed E-state index contributed by atoms with van der Waals surface area (Å²) in [4.78, 5) is 4.11. The number of aliphatic imine (C=N–C) groups is 1. The predicted octanol–water partition coefficient (Wildman–Crippen LogP) is 3.82. The van der Waals surface area contributed by atoms with Gasteiger partial charge in [0.25, 0.3) is 0 Å². The van der Waals surface area contributed by atoms with Crippen LogP contribution in [0.3, 0.4) is 0 Å². The van der Waals surface area contributed by atoms with Crippen LogP contribution in [-0.4, -0.2) is 33.0 Å². The molecule has 0 radical (unpaired) electrons. The van der Waals surface area contributed by atoms with Gasteiger partial charge in [-0.05, 0) is 30.2 Å². The Morgan fingerprint density at radius 2 is 2.00 bits per heavy atom. The Morgan fingerprint density at radius 3 is 2.77 bits per heavy atom. The normalized spacial score (nSPS) is 13.2. The number of nitrogens with zero attached hydrogens (tertiary/aromatic N) is 1. The van der Waals surface area contributed by atoms with Crippen LogP contribution in [0.4, 0.5) is 13.2 Å². The van der Waals surface area contributed by atoms with Gasteiger partial charge in [0.1, 0.15) is 17.3 Å². The molecule has 164 valence electrons. The maximum Gasteiger partial charge on any atom is 0.387 e. The number of benzene rings is 2. The van der Waals surface area contributed by atoms with E-state index >= 15 is 0 Å². The average molecular weight is 537 g/mol. The standard InChI is InChI=1S/C20H22F3N3O3.HI/c1-24-20(26-10-14-4-2-3-5-17(14)29-19(22)23)25-7-6-13-8-16(21)9-15-11-27-12-28-18(13)15;/h2-5,8-9,19H,6-7,10-12H2,1H3,(H2,24,25,26);1H. The fraction of sp³-hybridized carbons (Fsp3) is 0.350.